The van der Waals surface area contributed by atoms with E-state index < -0.39 is 128 Å². The minimum Gasteiger partial charge on any atom is -0.394 e. The fourth-order valence-corrected chi connectivity index (χ4v) is 14.5. The summed E-state index contributed by atoms with van der Waals surface area (Å²) in [5.74, 6) is -0.659. The summed E-state index contributed by atoms with van der Waals surface area (Å²) in [5.41, 5.74) is 0. The topological polar surface area (TPSA) is 392 Å². The van der Waals surface area contributed by atoms with Gasteiger partial charge >= 0.3 is 33.0 Å². The van der Waals surface area contributed by atoms with Crippen LogP contribution in [0.15, 0.2) is 0 Å². The minimum atomic E-state index is -2.94. The molecule has 3 saturated heterocycles. The van der Waals surface area contributed by atoms with Crippen molar-refractivity contribution in [3.63, 3.8) is 0 Å². The van der Waals surface area contributed by atoms with Crippen molar-refractivity contribution in [3.8, 4) is 0 Å². The molecule has 0 saturated carbocycles. The third-order valence-corrected chi connectivity index (χ3v) is 20.7. The Morgan fingerprint density at radius 1 is 0.495 bits per heavy atom. The smallest absolute Gasteiger partial charge is 0.319 e. The average Bonchev–Trinajstić information content (AvgIpc) is 1.82. The van der Waals surface area contributed by atoms with E-state index in [1.54, 1.807) is 13.8 Å². The van der Waals surface area contributed by atoms with Crippen molar-refractivity contribution in [2.75, 3.05) is 93.1 Å². The van der Waals surface area contributed by atoms with Gasteiger partial charge in [-0.25, -0.2) is 0 Å². The van der Waals surface area contributed by atoms with Crippen LogP contribution in [0.4, 0.5) is 0 Å². The van der Waals surface area contributed by atoms with E-state index in [1.165, 1.54) is 7.11 Å². The van der Waals surface area contributed by atoms with Crippen LogP contribution in [0.2, 0.25) is 0 Å². The van der Waals surface area contributed by atoms with Crippen LogP contribution in [-0.4, -0.2) is 248 Å². The molecule has 0 aromatic rings. The molecular formula is C57H122NO28P5Y4. The van der Waals surface area contributed by atoms with Crippen molar-refractivity contribution in [1.82, 2.24) is 4.67 Å². The fraction of sp³-hybridized carbons (Fsp3) is 1.00. The zero-order chi connectivity index (χ0) is 69.2. The van der Waals surface area contributed by atoms with E-state index in [0.717, 1.165) is 25.7 Å². The Morgan fingerprint density at radius 3 is 1.26 bits per heavy atom. The molecule has 3 aliphatic heterocycles. The van der Waals surface area contributed by atoms with Gasteiger partial charge in [0.15, 0.2) is 12.6 Å². The summed E-state index contributed by atoms with van der Waals surface area (Å²) >= 11 is 0. The van der Waals surface area contributed by atoms with Crippen LogP contribution in [0, 0.1) is 17.8 Å². The maximum atomic E-state index is 12.2. The summed E-state index contributed by atoms with van der Waals surface area (Å²) in [5, 5.41) is 82.6. The largest absolute Gasteiger partial charge is 0.394 e. The Labute approximate surface area is 671 Å². The first kappa shape index (κ1) is 108. The maximum Gasteiger partial charge on any atom is 0.319 e. The SMILES string of the molecule is CCC(CC)OP(C)N(C(C)C)C(C)C.CCO[C@H]1[C@@H](C)[C@H](C)O[C@@H]1CO[PH](=O)OC(CC)CC.CO[PH](=O)OC(CO[PH](=O)OCCCCCOC1OC(CO)C(O)C(O)C1C)CO[PH](=O)OCCCCCOC1OC(CO)C(O)C(O)C1C.OCC(O)CO.[Y].[Y].[Y].[Y]. The zero-order valence-electron chi connectivity index (χ0n) is 59.1. The van der Waals surface area contributed by atoms with Crippen LogP contribution in [0.1, 0.15) is 154 Å². The summed E-state index contributed by atoms with van der Waals surface area (Å²) in [7, 11) is -10.5. The molecule has 38 heteroatoms. The first-order chi connectivity index (χ1) is 43.2. The van der Waals surface area contributed by atoms with Gasteiger partial charge in [-0.2, -0.15) is 0 Å². The Bertz CT molecular complexity index is 1800. The van der Waals surface area contributed by atoms with E-state index in [1.807, 2.05) is 27.7 Å². The molecule has 0 amide bonds. The second kappa shape index (κ2) is 65.8. The van der Waals surface area contributed by atoms with Gasteiger partial charge in [-0.05, 0) is 112 Å². The van der Waals surface area contributed by atoms with Gasteiger partial charge in [0.2, 0.25) is 0 Å². The number of rotatable bonds is 45. The molecule has 0 aromatic heterocycles. The van der Waals surface area contributed by atoms with Crippen LogP contribution >= 0.6 is 41.3 Å². The second-order valence-electron chi connectivity index (χ2n) is 22.9. The third kappa shape index (κ3) is 46.7. The Morgan fingerprint density at radius 2 is 0.905 bits per heavy atom. The van der Waals surface area contributed by atoms with Gasteiger partial charge < -0.3 is 115 Å². The molecule has 15 unspecified atom stereocenters. The quantitative estimate of drug-likeness (QED) is 0.0224. The number of hydrogen-bond donors (Lipinski definition) is 9. The Hall–Kier alpha value is 4.77. The molecule has 3 heterocycles. The molecule has 0 aromatic carbocycles. The number of aliphatic hydroxyl groups excluding tert-OH is 9. The van der Waals surface area contributed by atoms with Gasteiger partial charge in [0.05, 0.1) is 96.1 Å². The molecule has 0 bridgehead atoms. The summed E-state index contributed by atoms with van der Waals surface area (Å²) < 4.78 is 132. The van der Waals surface area contributed by atoms with Crippen LogP contribution in [0.5, 0.6) is 0 Å². The van der Waals surface area contributed by atoms with Crippen molar-refractivity contribution >= 4 is 41.3 Å². The third-order valence-electron chi connectivity index (χ3n) is 15.1. The van der Waals surface area contributed by atoms with E-state index in [9.17, 15) is 48.9 Å². The van der Waals surface area contributed by atoms with Crippen molar-refractivity contribution in [2.45, 2.75) is 258 Å². The molecule has 560 valence electrons. The molecule has 9 N–H and O–H groups in total. The van der Waals surface area contributed by atoms with E-state index in [0.29, 0.717) is 82.5 Å². The Kier molecular flexibility index (Phi) is 75.1. The average molecular weight is 1780 g/mol. The zero-order valence-corrected chi connectivity index (χ0v) is 75.3. The predicted molar refractivity (Wildman–Crippen MR) is 346 cm³/mol. The van der Waals surface area contributed by atoms with Gasteiger partial charge in [-0.1, -0.05) is 48.5 Å². The molecule has 3 fully saturated rings. The standard InChI is InChI=1S/C28H57O19P3.C14H29O5P.C12H28NOP.C3H8O3.4Y/c1-18-23(31)25(33)21(14-29)45-27(18)39-10-6-4-8-12-41-49(36)43-16-20(47-48(35)38-3)17-44-50(37)42-13-9-5-7-11-40-28-19(2)24(32)26(34)22(15-30)46-28;1-6-12(7-2)19-20(15)17-9-13-14(16-8-3)10(4)11(5)18-13;1-8-12(9-2)14-15(7)13(10(3)4)11(5)6;4-1-3(6)2-5;;;;/h18-34,48-50H,4-17H2,1-3H3;10-14,20H,6-9H2,1-5H3;10-12H,8-9H2,1-7H3;3-6H,1-2H2;;;;/t;10-,11-,13+,14-;;;;;;/m.0....../s1. The Balaban J connectivity index is -0.000000489. The molecular weight excluding hydrogens is 1660 g/mol. The van der Waals surface area contributed by atoms with Crippen molar-refractivity contribution in [3.05, 3.63) is 0 Å². The van der Waals surface area contributed by atoms with E-state index in [-0.39, 0.29) is 202 Å². The number of unbranched alkanes of at least 4 members (excludes halogenated alkanes) is 4. The molecule has 4 radical (unpaired) electrons. The number of ether oxygens (including phenoxy) is 6. The summed E-state index contributed by atoms with van der Waals surface area (Å²) in [6.45, 7) is 28.5. The van der Waals surface area contributed by atoms with Gasteiger partial charge in [-0.3, -0.25) is 22.9 Å². The van der Waals surface area contributed by atoms with Gasteiger partial charge in [0, 0.05) is 188 Å². The molecule has 29 nitrogen and oxygen atoms in total. The first-order valence-electron chi connectivity index (χ1n) is 32.2. The molecule has 0 spiro atoms. The fourth-order valence-electron chi connectivity index (χ4n) is 9.46. The normalized spacial score (nSPS) is 26.9. The number of aliphatic hydroxyl groups is 9. The van der Waals surface area contributed by atoms with Crippen LogP contribution in [-0.2, 0) is 218 Å². The van der Waals surface area contributed by atoms with E-state index in [2.05, 4.69) is 64.3 Å². The van der Waals surface area contributed by atoms with E-state index in [4.69, 9.17) is 79.9 Å². The number of hydrogen-bond acceptors (Lipinski definition) is 29. The summed E-state index contributed by atoms with van der Waals surface area (Å²) in [6.07, 6.45) is -2.05. The van der Waals surface area contributed by atoms with Gasteiger partial charge in [0.1, 0.15) is 51.0 Å². The summed E-state index contributed by atoms with van der Waals surface area (Å²) in [6, 6.07) is 1.13. The maximum absolute atomic E-state index is 12.2. The van der Waals surface area contributed by atoms with Crippen molar-refractivity contribution < 1.29 is 264 Å². The van der Waals surface area contributed by atoms with Crippen molar-refractivity contribution in [1.29, 1.82) is 0 Å². The molecule has 3 aliphatic rings. The van der Waals surface area contributed by atoms with Crippen LogP contribution < -0.4 is 0 Å². The molecule has 3 rings (SSSR count). The number of nitrogens with zero attached hydrogens (tertiary/aromatic N) is 1. The minimum absolute atomic E-state index is 0. The van der Waals surface area contributed by atoms with E-state index >= 15 is 0 Å². The first-order valence-corrected chi connectivity index (χ1v) is 38.8. The molecule has 19 atom stereocenters. The monoisotopic (exact) mass is 1780 g/mol. The summed E-state index contributed by atoms with van der Waals surface area (Å²) in [4.78, 5) is 0. The second-order valence-corrected chi connectivity index (χ2v) is 28.8. The van der Waals surface area contributed by atoms with Crippen molar-refractivity contribution in [2.24, 2.45) is 17.8 Å². The molecule has 0 aliphatic carbocycles. The van der Waals surface area contributed by atoms with Gasteiger partial charge in [-0.15, -0.1) is 0 Å². The van der Waals surface area contributed by atoms with Crippen LogP contribution in [0.3, 0.4) is 0 Å². The molecule has 95 heavy (non-hydrogen) atoms. The van der Waals surface area contributed by atoms with Crippen LogP contribution in [0.25, 0.3) is 0 Å². The van der Waals surface area contributed by atoms with Gasteiger partial charge in [0.25, 0.3) is 0 Å². The predicted octanol–water partition coefficient (Wildman–Crippen LogP) is 6.78.